The van der Waals surface area contributed by atoms with Crippen LogP contribution in [0.15, 0.2) is 64.2 Å². The number of hydrogen-bond acceptors (Lipinski definition) is 3. The molecule has 3 aromatic rings. The van der Waals surface area contributed by atoms with Crippen LogP contribution in [-0.2, 0) is 0 Å². The molecular formula is C22H22BrN3O2. The van der Waals surface area contributed by atoms with E-state index in [1.807, 2.05) is 37.3 Å². The molecule has 0 radical (unpaired) electrons. The first-order valence-corrected chi connectivity index (χ1v) is 9.80. The maximum absolute atomic E-state index is 12.4. The summed E-state index contributed by atoms with van der Waals surface area (Å²) in [5.41, 5.74) is 7.26. The zero-order chi connectivity index (χ0) is 20.1. The highest BCUT2D eigenvalue weighted by molar-refractivity contribution is 9.10. The van der Waals surface area contributed by atoms with E-state index in [1.165, 1.54) is 0 Å². The summed E-state index contributed by atoms with van der Waals surface area (Å²) < 4.78 is 8.50. The van der Waals surface area contributed by atoms with Crippen molar-refractivity contribution >= 4 is 28.1 Å². The van der Waals surface area contributed by atoms with E-state index in [-0.39, 0.29) is 5.91 Å². The van der Waals surface area contributed by atoms with Gasteiger partial charge in [0.25, 0.3) is 5.91 Å². The fourth-order valence-corrected chi connectivity index (χ4v) is 3.29. The molecule has 0 atom stereocenters. The number of carbonyl (C=O) groups excluding carboxylic acids is 1. The summed E-state index contributed by atoms with van der Waals surface area (Å²) in [5, 5.41) is 4.07. The van der Waals surface area contributed by atoms with Crippen LogP contribution in [0.1, 0.15) is 34.2 Å². The zero-order valence-electron chi connectivity index (χ0n) is 16.1. The highest BCUT2D eigenvalue weighted by Gasteiger charge is 2.07. The van der Waals surface area contributed by atoms with E-state index in [4.69, 9.17) is 4.74 Å². The van der Waals surface area contributed by atoms with Gasteiger partial charge >= 0.3 is 0 Å². The number of hydrazone groups is 1. The molecule has 1 N–H and O–H groups in total. The fourth-order valence-electron chi connectivity index (χ4n) is 2.94. The lowest BCUT2D eigenvalue weighted by atomic mass is 10.2. The van der Waals surface area contributed by atoms with Crippen molar-refractivity contribution in [3.63, 3.8) is 0 Å². The van der Waals surface area contributed by atoms with Crippen molar-refractivity contribution < 1.29 is 9.53 Å². The second-order valence-corrected chi connectivity index (χ2v) is 7.17. The molecule has 1 amide bonds. The molecule has 0 aliphatic heterocycles. The van der Waals surface area contributed by atoms with E-state index in [9.17, 15) is 4.79 Å². The number of ether oxygens (including phenoxy) is 1. The molecule has 0 saturated carbocycles. The van der Waals surface area contributed by atoms with Crippen LogP contribution in [0, 0.1) is 13.8 Å². The van der Waals surface area contributed by atoms with Gasteiger partial charge in [-0.3, -0.25) is 4.79 Å². The summed E-state index contributed by atoms with van der Waals surface area (Å²) in [6, 6.07) is 17.2. The van der Waals surface area contributed by atoms with Gasteiger partial charge in [-0.05, 0) is 75.4 Å². The van der Waals surface area contributed by atoms with Gasteiger partial charge in [0.1, 0.15) is 5.75 Å². The van der Waals surface area contributed by atoms with Crippen LogP contribution in [-0.4, -0.2) is 23.3 Å². The van der Waals surface area contributed by atoms with Gasteiger partial charge in [0.05, 0.1) is 12.8 Å². The molecule has 0 aliphatic carbocycles. The highest BCUT2D eigenvalue weighted by Crippen LogP contribution is 2.21. The van der Waals surface area contributed by atoms with Gasteiger partial charge < -0.3 is 9.30 Å². The number of aryl methyl sites for hydroxylation is 2. The number of amides is 1. The van der Waals surface area contributed by atoms with E-state index in [0.29, 0.717) is 12.2 Å². The summed E-state index contributed by atoms with van der Waals surface area (Å²) in [5.74, 6) is 0.491. The fraction of sp³-hybridized carbons (Fsp3) is 0.182. The quantitative estimate of drug-likeness (QED) is 0.432. The lowest BCUT2D eigenvalue weighted by Gasteiger charge is -2.10. The van der Waals surface area contributed by atoms with Gasteiger partial charge in [-0.25, -0.2) is 5.43 Å². The first-order chi connectivity index (χ1) is 13.5. The van der Waals surface area contributed by atoms with Gasteiger partial charge in [-0.2, -0.15) is 5.10 Å². The van der Waals surface area contributed by atoms with E-state index >= 15 is 0 Å². The number of benzene rings is 2. The van der Waals surface area contributed by atoms with Crippen molar-refractivity contribution in [3.05, 3.63) is 81.6 Å². The topological polar surface area (TPSA) is 55.6 Å². The molecule has 0 unspecified atom stereocenters. The lowest BCUT2D eigenvalue weighted by Crippen LogP contribution is -2.17. The normalized spacial score (nSPS) is 11.0. The molecule has 0 fully saturated rings. The van der Waals surface area contributed by atoms with Crippen molar-refractivity contribution in [1.82, 2.24) is 9.99 Å². The molecule has 0 spiro atoms. The summed E-state index contributed by atoms with van der Waals surface area (Å²) >= 11 is 3.47. The van der Waals surface area contributed by atoms with Gasteiger partial charge in [0.15, 0.2) is 0 Å². The van der Waals surface area contributed by atoms with Crippen molar-refractivity contribution in [1.29, 1.82) is 0 Å². The average Bonchev–Trinajstić information content (AvgIpc) is 3.03. The Morgan fingerprint density at radius 3 is 2.43 bits per heavy atom. The zero-order valence-corrected chi connectivity index (χ0v) is 17.7. The molecule has 5 nitrogen and oxygen atoms in total. The summed E-state index contributed by atoms with van der Waals surface area (Å²) in [6.45, 7) is 6.63. The van der Waals surface area contributed by atoms with E-state index in [1.54, 1.807) is 18.3 Å². The third-order valence-electron chi connectivity index (χ3n) is 4.31. The van der Waals surface area contributed by atoms with Crippen LogP contribution in [0.3, 0.4) is 0 Å². The number of hydrogen-bond donors (Lipinski definition) is 1. The smallest absolute Gasteiger partial charge is 0.271 e. The molecule has 0 aliphatic rings. The van der Waals surface area contributed by atoms with Crippen LogP contribution in [0.4, 0.5) is 0 Å². The van der Waals surface area contributed by atoms with Crippen molar-refractivity contribution in [2.45, 2.75) is 20.8 Å². The lowest BCUT2D eigenvalue weighted by molar-refractivity contribution is 0.0955. The molecular weight excluding hydrogens is 418 g/mol. The predicted octanol–water partition coefficient (Wildman–Crippen LogP) is 5.02. The molecule has 0 saturated heterocycles. The Labute approximate surface area is 173 Å². The molecule has 144 valence electrons. The number of halogens is 1. The summed E-state index contributed by atoms with van der Waals surface area (Å²) in [4.78, 5) is 12.4. The Morgan fingerprint density at radius 2 is 1.79 bits per heavy atom. The third kappa shape index (κ3) is 4.51. The molecule has 28 heavy (non-hydrogen) atoms. The molecule has 1 aromatic heterocycles. The SMILES string of the molecule is CCOc1ccc(Br)c(C=NNC(=O)c2ccc(-n3c(C)ccc3C)cc2)c1. The first kappa shape index (κ1) is 19.9. The minimum Gasteiger partial charge on any atom is -0.494 e. The van der Waals surface area contributed by atoms with E-state index < -0.39 is 0 Å². The van der Waals surface area contributed by atoms with E-state index in [2.05, 4.69) is 57.0 Å². The number of aromatic nitrogens is 1. The largest absolute Gasteiger partial charge is 0.494 e. The highest BCUT2D eigenvalue weighted by atomic mass is 79.9. The Balaban J connectivity index is 1.68. The second kappa shape index (κ2) is 8.89. The van der Waals surface area contributed by atoms with Crippen molar-refractivity contribution in [3.8, 4) is 11.4 Å². The van der Waals surface area contributed by atoms with Gasteiger partial charge in [-0.1, -0.05) is 15.9 Å². The summed E-state index contributed by atoms with van der Waals surface area (Å²) in [7, 11) is 0. The minimum absolute atomic E-state index is 0.263. The van der Waals surface area contributed by atoms with Gasteiger partial charge in [0.2, 0.25) is 0 Å². The Bertz CT molecular complexity index is 988. The predicted molar refractivity (Wildman–Crippen MR) is 116 cm³/mol. The maximum Gasteiger partial charge on any atom is 0.271 e. The Morgan fingerprint density at radius 1 is 1.11 bits per heavy atom. The Kier molecular flexibility index (Phi) is 6.31. The average molecular weight is 440 g/mol. The minimum atomic E-state index is -0.263. The number of rotatable bonds is 6. The molecule has 0 bridgehead atoms. The van der Waals surface area contributed by atoms with Crippen LogP contribution >= 0.6 is 15.9 Å². The van der Waals surface area contributed by atoms with Crippen LogP contribution in [0.5, 0.6) is 5.75 Å². The van der Waals surface area contributed by atoms with Crippen LogP contribution in [0.25, 0.3) is 5.69 Å². The number of carbonyl (C=O) groups is 1. The van der Waals surface area contributed by atoms with Gasteiger partial charge in [0, 0.05) is 32.7 Å². The van der Waals surface area contributed by atoms with Gasteiger partial charge in [-0.15, -0.1) is 0 Å². The molecule has 1 heterocycles. The standard InChI is InChI=1S/C22H22BrN3O2/c1-4-28-20-11-12-21(23)18(13-20)14-24-25-22(27)17-7-9-19(10-8-17)26-15(2)5-6-16(26)3/h5-14H,4H2,1-3H3,(H,25,27). The number of nitrogens with zero attached hydrogens (tertiary/aromatic N) is 2. The molecule has 2 aromatic carbocycles. The van der Waals surface area contributed by atoms with Crippen molar-refractivity contribution in [2.75, 3.05) is 6.61 Å². The maximum atomic E-state index is 12.4. The molecule has 6 heteroatoms. The van der Waals surface area contributed by atoms with Crippen LogP contribution < -0.4 is 10.2 Å². The Hall–Kier alpha value is -2.86. The molecule has 3 rings (SSSR count). The van der Waals surface area contributed by atoms with Crippen LogP contribution in [0.2, 0.25) is 0 Å². The van der Waals surface area contributed by atoms with E-state index in [0.717, 1.165) is 32.9 Å². The number of nitrogens with one attached hydrogen (secondary N) is 1. The third-order valence-corrected chi connectivity index (χ3v) is 5.03. The second-order valence-electron chi connectivity index (χ2n) is 6.31. The summed E-state index contributed by atoms with van der Waals surface area (Å²) in [6.07, 6.45) is 1.59. The monoisotopic (exact) mass is 439 g/mol. The van der Waals surface area contributed by atoms with Crippen molar-refractivity contribution in [2.24, 2.45) is 5.10 Å². The first-order valence-electron chi connectivity index (χ1n) is 9.00.